The van der Waals surface area contributed by atoms with Crippen molar-refractivity contribution in [2.45, 2.75) is 63.0 Å². The first kappa shape index (κ1) is 31.6. The van der Waals surface area contributed by atoms with Gasteiger partial charge < -0.3 is 10.1 Å². The molecule has 3 N–H and O–H groups in total. The van der Waals surface area contributed by atoms with E-state index < -0.39 is 48.5 Å². The fraction of sp³-hybridized carbons (Fsp3) is 0.367. The maximum absolute atomic E-state index is 14.0. The molecule has 0 aliphatic heterocycles. The highest BCUT2D eigenvalue weighted by Crippen LogP contribution is 2.41. The number of rotatable bonds is 11. The quantitative estimate of drug-likeness (QED) is 0.138. The molecule has 1 aromatic carbocycles. The number of nitrogens with one attached hydrogen (secondary N) is 3. The Labute approximate surface area is 254 Å². The molecule has 0 radical (unpaired) electrons. The molecule has 3 aromatic heterocycles. The van der Waals surface area contributed by atoms with Gasteiger partial charge in [0.15, 0.2) is 5.65 Å². The zero-order valence-electron chi connectivity index (χ0n) is 23.8. The summed E-state index contributed by atoms with van der Waals surface area (Å²) in [4.78, 5) is 34.0. The molecule has 45 heavy (non-hydrogen) atoms. The van der Waals surface area contributed by atoms with Gasteiger partial charge in [0.25, 0.3) is 0 Å². The van der Waals surface area contributed by atoms with Gasteiger partial charge in [0.1, 0.15) is 18.2 Å². The zero-order chi connectivity index (χ0) is 32.0. The van der Waals surface area contributed by atoms with E-state index in [1.807, 2.05) is 6.07 Å². The molecule has 4 aromatic rings. The summed E-state index contributed by atoms with van der Waals surface area (Å²) in [5, 5.41) is 7.01. The van der Waals surface area contributed by atoms with Crippen molar-refractivity contribution in [1.29, 1.82) is 0 Å². The number of imidazole rings is 1. The highest BCUT2D eigenvalue weighted by atomic mass is 19.3. The molecule has 1 fully saturated rings. The monoisotopic (exact) mass is 631 g/mol. The number of hydrazine groups is 1. The average molecular weight is 632 g/mol. The lowest BCUT2D eigenvalue weighted by atomic mass is 9.81. The Morgan fingerprint density at radius 2 is 1.82 bits per heavy atom. The fourth-order valence-corrected chi connectivity index (χ4v) is 5.21. The van der Waals surface area contributed by atoms with Crippen LogP contribution >= 0.6 is 0 Å². The summed E-state index contributed by atoms with van der Waals surface area (Å²) in [7, 11) is 0. The molecule has 0 spiro atoms. The summed E-state index contributed by atoms with van der Waals surface area (Å²) in [6, 6.07) is 12.0. The number of amides is 2. The van der Waals surface area contributed by atoms with Crippen LogP contribution in [0.1, 0.15) is 60.9 Å². The largest absolute Gasteiger partial charge is 0.445 e. The van der Waals surface area contributed by atoms with Crippen LogP contribution in [0.2, 0.25) is 0 Å². The maximum Gasteiger partial charge on any atom is 0.408 e. The number of alkyl carbamates (subject to hydrolysis) is 1. The Balaban J connectivity index is 1.36. The lowest BCUT2D eigenvalue weighted by molar-refractivity contribution is -0.123. The number of halogens is 5. The second-order valence-electron chi connectivity index (χ2n) is 10.8. The van der Waals surface area contributed by atoms with Crippen molar-refractivity contribution in [2.75, 3.05) is 5.43 Å². The van der Waals surface area contributed by atoms with Crippen LogP contribution in [0.15, 0.2) is 67.1 Å². The number of aromatic nitrogens is 4. The van der Waals surface area contributed by atoms with Crippen LogP contribution in [-0.2, 0) is 16.1 Å². The van der Waals surface area contributed by atoms with Crippen molar-refractivity contribution in [3.63, 3.8) is 0 Å². The smallest absolute Gasteiger partial charge is 0.408 e. The van der Waals surface area contributed by atoms with Gasteiger partial charge in [-0.2, -0.15) is 5.10 Å². The van der Waals surface area contributed by atoms with Gasteiger partial charge in [-0.15, -0.1) is 0 Å². The third-order valence-electron chi connectivity index (χ3n) is 7.57. The minimum Gasteiger partial charge on any atom is -0.445 e. The Kier molecular flexibility index (Phi) is 9.74. The summed E-state index contributed by atoms with van der Waals surface area (Å²) in [5.41, 5.74) is 6.16. The van der Waals surface area contributed by atoms with Crippen LogP contribution in [0.3, 0.4) is 0 Å². The van der Waals surface area contributed by atoms with Crippen LogP contribution in [0.5, 0.6) is 0 Å². The van der Waals surface area contributed by atoms with E-state index >= 15 is 0 Å². The topological polar surface area (TPSA) is 123 Å². The summed E-state index contributed by atoms with van der Waals surface area (Å²) < 4.78 is 74.8. The Morgan fingerprint density at radius 3 is 2.51 bits per heavy atom. The Bertz CT molecular complexity index is 1590. The van der Waals surface area contributed by atoms with Crippen LogP contribution in [0, 0.1) is 11.7 Å². The van der Waals surface area contributed by atoms with E-state index in [0.29, 0.717) is 5.69 Å². The summed E-state index contributed by atoms with van der Waals surface area (Å²) in [5.74, 6) is -5.85. The second kappa shape index (κ2) is 13.9. The molecule has 2 atom stereocenters. The summed E-state index contributed by atoms with van der Waals surface area (Å²) in [6.07, 6.45) is -1.21. The summed E-state index contributed by atoms with van der Waals surface area (Å²) >= 11 is 0. The van der Waals surface area contributed by atoms with Crippen molar-refractivity contribution in [3.8, 4) is 0 Å². The van der Waals surface area contributed by atoms with Crippen LogP contribution < -0.4 is 16.2 Å². The number of ether oxygens (including phenoxy) is 1. The maximum atomic E-state index is 14.0. The first-order chi connectivity index (χ1) is 21.6. The van der Waals surface area contributed by atoms with E-state index in [-0.39, 0.29) is 55.2 Å². The zero-order valence-corrected chi connectivity index (χ0v) is 23.8. The van der Waals surface area contributed by atoms with E-state index in [1.54, 1.807) is 24.3 Å². The van der Waals surface area contributed by atoms with Crippen LogP contribution in [0.4, 0.5) is 32.6 Å². The molecular formula is C30H30F5N7O3. The van der Waals surface area contributed by atoms with Gasteiger partial charge in [-0.25, -0.2) is 41.2 Å². The second-order valence-corrected chi connectivity index (χ2v) is 10.8. The van der Waals surface area contributed by atoms with Gasteiger partial charge in [-0.1, -0.05) is 30.3 Å². The minimum absolute atomic E-state index is 0.00210. The fourth-order valence-electron chi connectivity index (χ4n) is 5.21. The van der Waals surface area contributed by atoms with Crippen molar-refractivity contribution in [2.24, 2.45) is 5.92 Å². The van der Waals surface area contributed by atoms with Gasteiger partial charge in [0.05, 0.1) is 36.2 Å². The number of pyridine rings is 1. The van der Waals surface area contributed by atoms with Gasteiger partial charge in [0.2, 0.25) is 18.3 Å². The number of hydrogen-bond acceptors (Lipinski definition) is 7. The minimum atomic E-state index is -2.84. The average Bonchev–Trinajstić information content (AvgIpc) is 3.45. The first-order valence-corrected chi connectivity index (χ1v) is 14.2. The Morgan fingerprint density at radius 1 is 1.07 bits per heavy atom. The molecule has 1 aliphatic rings. The predicted octanol–water partition coefficient (Wildman–Crippen LogP) is 5.94. The van der Waals surface area contributed by atoms with E-state index in [9.17, 15) is 31.5 Å². The SMILES string of the molecule is O=C(NC(c1cn2ncc(C(CC(F)F)C(=O)NNc3ccc(F)cn3)cc2n1)C1CCC(F)(F)CC1)OCc1ccccc1. The number of alkyl halides is 4. The molecule has 1 saturated carbocycles. The molecule has 2 unspecified atom stereocenters. The number of nitrogens with zero attached hydrogens (tertiary/aromatic N) is 4. The van der Waals surface area contributed by atoms with Crippen molar-refractivity contribution in [1.82, 2.24) is 30.3 Å². The number of benzene rings is 1. The molecule has 5 rings (SSSR count). The normalized spacial score (nSPS) is 16.2. The number of anilines is 1. The van der Waals surface area contributed by atoms with E-state index in [1.165, 1.54) is 29.0 Å². The lowest BCUT2D eigenvalue weighted by Gasteiger charge is -2.33. The van der Waals surface area contributed by atoms with Gasteiger partial charge in [0, 0.05) is 19.3 Å². The molecule has 238 valence electrons. The van der Waals surface area contributed by atoms with Gasteiger partial charge in [-0.05, 0) is 48.1 Å². The van der Waals surface area contributed by atoms with Crippen LogP contribution in [-0.4, -0.2) is 43.9 Å². The number of carbonyl (C=O) groups excluding carboxylic acids is 2. The lowest BCUT2D eigenvalue weighted by Crippen LogP contribution is -2.37. The first-order valence-electron chi connectivity index (χ1n) is 14.2. The van der Waals surface area contributed by atoms with Crippen molar-refractivity contribution < 1.29 is 36.3 Å². The highest BCUT2D eigenvalue weighted by molar-refractivity contribution is 5.84. The van der Waals surface area contributed by atoms with Gasteiger partial charge >= 0.3 is 6.09 Å². The van der Waals surface area contributed by atoms with E-state index in [2.05, 4.69) is 31.2 Å². The molecule has 15 heteroatoms. The highest BCUT2D eigenvalue weighted by Gasteiger charge is 2.39. The van der Waals surface area contributed by atoms with E-state index in [4.69, 9.17) is 4.74 Å². The molecule has 10 nitrogen and oxygen atoms in total. The molecule has 1 aliphatic carbocycles. The third kappa shape index (κ3) is 8.42. The van der Waals surface area contributed by atoms with Crippen LogP contribution in [0.25, 0.3) is 5.65 Å². The molecule has 0 saturated heterocycles. The molecular weight excluding hydrogens is 601 g/mol. The molecule has 2 amide bonds. The standard InChI is InChI=1S/C30H30F5N7O3/c31-21-6-7-25(36-15-21)40-41-28(43)22(13-24(32)33)20-12-26-38-23(16-42(26)37-14-20)27(19-8-10-30(34,35)11-9-19)39-29(44)45-17-18-4-2-1-3-5-18/h1-7,12,14-16,19,22,24,27H,8-11,13,17H2,(H,36,40)(H,39,44)(H,41,43). The molecule has 0 bridgehead atoms. The predicted molar refractivity (Wildman–Crippen MR) is 152 cm³/mol. The number of hydrogen-bond donors (Lipinski definition) is 3. The number of fused-ring (bicyclic) bond motifs is 1. The number of carbonyl (C=O) groups is 2. The van der Waals surface area contributed by atoms with Crippen molar-refractivity contribution in [3.05, 3.63) is 89.8 Å². The Hall–Kier alpha value is -4.82. The van der Waals surface area contributed by atoms with E-state index in [0.717, 1.165) is 17.8 Å². The third-order valence-corrected chi connectivity index (χ3v) is 7.57. The van der Waals surface area contributed by atoms with Crippen molar-refractivity contribution >= 4 is 23.5 Å². The van der Waals surface area contributed by atoms with Gasteiger partial charge in [-0.3, -0.25) is 15.6 Å². The molecule has 3 heterocycles. The summed E-state index contributed by atoms with van der Waals surface area (Å²) in [6.45, 7) is -0.00210.